The highest BCUT2D eigenvalue weighted by atomic mass is 32.1. The fourth-order valence-corrected chi connectivity index (χ4v) is 3.08. The van der Waals surface area contributed by atoms with Gasteiger partial charge in [0, 0.05) is 21.7 Å². The molecule has 0 unspecified atom stereocenters. The molecule has 0 spiro atoms. The van der Waals surface area contributed by atoms with Crippen LogP contribution in [0.2, 0.25) is 0 Å². The van der Waals surface area contributed by atoms with Crippen molar-refractivity contribution in [2.24, 2.45) is 0 Å². The Balaban J connectivity index is 2.37. The smallest absolute Gasteiger partial charge is 0.0737 e. The molecule has 0 aliphatic carbocycles. The van der Waals surface area contributed by atoms with Crippen LogP contribution < -0.4 is 5.32 Å². The molecule has 0 aliphatic heterocycles. The fraction of sp³-hybridized carbons (Fsp3) is 0.429. The second kappa shape index (κ2) is 5.63. The third-order valence-electron chi connectivity index (χ3n) is 2.68. The van der Waals surface area contributed by atoms with Crippen LogP contribution in [0, 0.1) is 0 Å². The zero-order valence-electron chi connectivity index (χ0n) is 10.6. The molecule has 0 saturated heterocycles. The van der Waals surface area contributed by atoms with E-state index in [-0.39, 0.29) is 6.10 Å². The molecule has 0 atom stereocenters. The summed E-state index contributed by atoms with van der Waals surface area (Å²) in [5.41, 5.74) is 1.34. The van der Waals surface area contributed by atoms with E-state index in [4.69, 9.17) is 4.74 Å². The van der Waals surface area contributed by atoms with E-state index in [0.717, 1.165) is 6.54 Å². The van der Waals surface area contributed by atoms with Gasteiger partial charge in [-0.3, -0.25) is 0 Å². The van der Waals surface area contributed by atoms with Crippen molar-refractivity contribution in [2.75, 3.05) is 7.05 Å². The van der Waals surface area contributed by atoms with Crippen LogP contribution >= 0.6 is 11.3 Å². The number of ether oxygens (including phenoxy) is 1. The van der Waals surface area contributed by atoms with Crippen molar-refractivity contribution in [1.82, 2.24) is 5.32 Å². The number of nitrogens with one attached hydrogen (secondary N) is 1. The summed E-state index contributed by atoms with van der Waals surface area (Å²) >= 11 is 1.86. The molecule has 2 rings (SSSR count). The van der Waals surface area contributed by atoms with Crippen molar-refractivity contribution in [3.63, 3.8) is 0 Å². The Bertz CT molecular complexity index is 490. The Morgan fingerprint density at radius 2 is 2.06 bits per heavy atom. The van der Waals surface area contributed by atoms with Crippen molar-refractivity contribution in [1.29, 1.82) is 0 Å². The van der Waals surface area contributed by atoms with Gasteiger partial charge >= 0.3 is 0 Å². The van der Waals surface area contributed by atoms with Gasteiger partial charge in [-0.1, -0.05) is 18.2 Å². The Labute approximate surface area is 107 Å². The molecule has 3 heteroatoms. The first-order valence-electron chi connectivity index (χ1n) is 5.98. The highest BCUT2D eigenvalue weighted by Crippen LogP contribution is 2.31. The quantitative estimate of drug-likeness (QED) is 0.875. The minimum Gasteiger partial charge on any atom is -0.374 e. The largest absolute Gasteiger partial charge is 0.374 e. The molecule has 1 heterocycles. The minimum absolute atomic E-state index is 0.274. The van der Waals surface area contributed by atoms with Crippen molar-refractivity contribution in [3.05, 3.63) is 34.7 Å². The van der Waals surface area contributed by atoms with Crippen molar-refractivity contribution >= 4 is 21.4 Å². The summed E-state index contributed by atoms with van der Waals surface area (Å²) in [6.07, 6.45) is 0.274. The maximum Gasteiger partial charge on any atom is 0.0737 e. The third-order valence-corrected chi connectivity index (χ3v) is 3.89. The molecule has 92 valence electrons. The first-order chi connectivity index (χ1) is 8.22. The Hall–Kier alpha value is -0.900. The summed E-state index contributed by atoms with van der Waals surface area (Å²) in [5.74, 6) is 0. The van der Waals surface area contributed by atoms with Gasteiger partial charge in [-0.05, 0) is 32.3 Å². The second-order valence-electron chi connectivity index (χ2n) is 4.39. The van der Waals surface area contributed by atoms with Crippen molar-refractivity contribution < 1.29 is 4.74 Å². The summed E-state index contributed by atoms with van der Waals surface area (Å²) in [6.45, 7) is 5.77. The lowest BCUT2D eigenvalue weighted by Crippen LogP contribution is -2.08. The van der Waals surface area contributed by atoms with Gasteiger partial charge in [-0.2, -0.15) is 0 Å². The number of hydrogen-bond donors (Lipinski definition) is 1. The number of benzene rings is 1. The highest BCUT2D eigenvalue weighted by Gasteiger charge is 2.11. The maximum absolute atomic E-state index is 5.76. The van der Waals surface area contributed by atoms with Gasteiger partial charge < -0.3 is 10.1 Å². The Morgan fingerprint density at radius 3 is 2.76 bits per heavy atom. The summed E-state index contributed by atoms with van der Waals surface area (Å²) in [5, 5.41) is 4.56. The zero-order valence-corrected chi connectivity index (χ0v) is 11.4. The predicted octanol–water partition coefficient (Wildman–Crippen LogP) is 3.55. The molecule has 2 aromatic rings. The zero-order chi connectivity index (χ0) is 12.3. The van der Waals surface area contributed by atoms with E-state index >= 15 is 0 Å². The molecule has 0 amide bonds. The van der Waals surface area contributed by atoms with Gasteiger partial charge in [0.25, 0.3) is 0 Å². The van der Waals surface area contributed by atoms with Crippen LogP contribution in [-0.2, 0) is 17.9 Å². The normalized spacial score (nSPS) is 11.5. The van der Waals surface area contributed by atoms with E-state index in [0.29, 0.717) is 6.61 Å². The van der Waals surface area contributed by atoms with Crippen LogP contribution in [-0.4, -0.2) is 13.2 Å². The van der Waals surface area contributed by atoms with E-state index in [1.807, 2.05) is 18.4 Å². The molecule has 1 aromatic heterocycles. The standard InChI is InChI=1S/C14H19NOS/c1-10(2)16-9-12-11-6-4-5-7-13(11)17-14(12)8-15-3/h4-7,10,15H,8-9H2,1-3H3. The molecular weight excluding hydrogens is 230 g/mol. The Kier molecular flexibility index (Phi) is 4.15. The third kappa shape index (κ3) is 2.86. The maximum atomic E-state index is 5.76. The van der Waals surface area contributed by atoms with E-state index in [1.54, 1.807) is 0 Å². The monoisotopic (exact) mass is 249 g/mol. The summed E-state index contributed by atoms with van der Waals surface area (Å²) in [7, 11) is 1.98. The molecular formula is C14H19NOS. The summed E-state index contributed by atoms with van der Waals surface area (Å²) in [4.78, 5) is 1.38. The number of thiophene rings is 1. The predicted molar refractivity (Wildman–Crippen MR) is 74.5 cm³/mol. The summed E-state index contributed by atoms with van der Waals surface area (Å²) in [6, 6.07) is 8.55. The topological polar surface area (TPSA) is 21.3 Å². The molecule has 0 bridgehead atoms. The number of hydrogen-bond acceptors (Lipinski definition) is 3. The van der Waals surface area contributed by atoms with Crippen molar-refractivity contribution in [3.8, 4) is 0 Å². The van der Waals surface area contributed by atoms with Crippen molar-refractivity contribution in [2.45, 2.75) is 33.1 Å². The lowest BCUT2D eigenvalue weighted by molar-refractivity contribution is 0.0662. The first kappa shape index (κ1) is 12.6. The number of rotatable bonds is 5. The van der Waals surface area contributed by atoms with Crippen LogP contribution in [0.4, 0.5) is 0 Å². The van der Waals surface area contributed by atoms with Gasteiger partial charge in [0.15, 0.2) is 0 Å². The Morgan fingerprint density at radius 1 is 1.29 bits per heavy atom. The van der Waals surface area contributed by atoms with E-state index in [9.17, 15) is 0 Å². The molecule has 1 aromatic carbocycles. The SMILES string of the molecule is CNCc1sc2ccccc2c1COC(C)C. The average Bonchev–Trinajstić information content (AvgIpc) is 2.64. The van der Waals surface area contributed by atoms with Gasteiger partial charge in [0.1, 0.15) is 0 Å². The van der Waals surface area contributed by atoms with Gasteiger partial charge in [0.05, 0.1) is 12.7 Å². The fourth-order valence-electron chi connectivity index (χ4n) is 1.86. The van der Waals surface area contributed by atoms with E-state index < -0.39 is 0 Å². The molecule has 17 heavy (non-hydrogen) atoms. The second-order valence-corrected chi connectivity index (χ2v) is 5.53. The molecule has 1 N–H and O–H groups in total. The van der Waals surface area contributed by atoms with E-state index in [2.05, 4.69) is 43.4 Å². The van der Waals surface area contributed by atoms with Gasteiger partial charge in [-0.15, -0.1) is 11.3 Å². The molecule has 0 saturated carbocycles. The minimum atomic E-state index is 0.274. The van der Waals surface area contributed by atoms with Gasteiger partial charge in [0.2, 0.25) is 0 Å². The first-order valence-corrected chi connectivity index (χ1v) is 6.79. The average molecular weight is 249 g/mol. The van der Waals surface area contributed by atoms with Crippen LogP contribution in [0.3, 0.4) is 0 Å². The lowest BCUT2D eigenvalue weighted by Gasteiger charge is -2.09. The van der Waals surface area contributed by atoms with Crippen LogP contribution in [0.25, 0.3) is 10.1 Å². The van der Waals surface area contributed by atoms with Crippen LogP contribution in [0.5, 0.6) is 0 Å². The molecule has 0 radical (unpaired) electrons. The summed E-state index contributed by atoms with van der Waals surface area (Å²) < 4.78 is 7.11. The molecule has 0 aliphatic rings. The van der Waals surface area contributed by atoms with Gasteiger partial charge in [-0.25, -0.2) is 0 Å². The van der Waals surface area contributed by atoms with E-state index in [1.165, 1.54) is 20.5 Å². The lowest BCUT2D eigenvalue weighted by atomic mass is 10.1. The highest BCUT2D eigenvalue weighted by molar-refractivity contribution is 7.19. The van der Waals surface area contributed by atoms with Crippen LogP contribution in [0.1, 0.15) is 24.3 Å². The molecule has 0 fully saturated rings. The van der Waals surface area contributed by atoms with Crippen LogP contribution in [0.15, 0.2) is 24.3 Å². The molecule has 2 nitrogen and oxygen atoms in total. The number of fused-ring (bicyclic) bond motifs is 1.